The van der Waals surface area contributed by atoms with E-state index in [1.165, 1.54) is 19.2 Å². The number of nitrogens with two attached hydrogens (primary N) is 1. The van der Waals surface area contributed by atoms with Crippen molar-refractivity contribution in [3.05, 3.63) is 28.3 Å². The van der Waals surface area contributed by atoms with Crippen molar-refractivity contribution in [2.45, 2.75) is 6.42 Å². The van der Waals surface area contributed by atoms with Gasteiger partial charge in [0.2, 0.25) is 5.91 Å². The van der Waals surface area contributed by atoms with Crippen LogP contribution in [0, 0.1) is 10.1 Å². The summed E-state index contributed by atoms with van der Waals surface area (Å²) in [5, 5.41) is 13.6. The molecule has 0 bridgehead atoms. The maximum atomic E-state index is 10.8. The fourth-order valence-electron chi connectivity index (χ4n) is 1.26. The Bertz CT molecular complexity index is 434. The van der Waals surface area contributed by atoms with E-state index in [-0.39, 0.29) is 18.7 Å². The molecule has 0 unspecified atom stereocenters. The third kappa shape index (κ3) is 3.63. The summed E-state index contributed by atoms with van der Waals surface area (Å²) < 4.78 is 4.90. The zero-order valence-corrected chi connectivity index (χ0v) is 9.30. The lowest BCUT2D eigenvalue weighted by atomic mass is 10.2. The van der Waals surface area contributed by atoms with E-state index in [4.69, 9.17) is 10.5 Å². The molecule has 0 radical (unpaired) electrons. The third-order valence-electron chi connectivity index (χ3n) is 2.09. The second-order valence-electron chi connectivity index (χ2n) is 3.28. The molecule has 0 aliphatic rings. The quantitative estimate of drug-likeness (QED) is 0.566. The van der Waals surface area contributed by atoms with E-state index in [0.717, 1.165) is 0 Å². The summed E-state index contributed by atoms with van der Waals surface area (Å²) in [7, 11) is 1.43. The molecular formula is C10H13N3O4. The molecule has 0 atom stereocenters. The SMILES string of the molecule is COc1ccc(NCCC(N)=O)c([N+](=O)[O-])c1. The van der Waals surface area contributed by atoms with E-state index in [0.29, 0.717) is 11.4 Å². The lowest BCUT2D eigenvalue weighted by Gasteiger charge is -2.07. The molecule has 1 rings (SSSR count). The van der Waals surface area contributed by atoms with Crippen LogP contribution in [0.1, 0.15) is 6.42 Å². The molecule has 17 heavy (non-hydrogen) atoms. The first-order valence-electron chi connectivity index (χ1n) is 4.89. The Labute approximate surface area is 97.7 Å². The van der Waals surface area contributed by atoms with E-state index in [1.54, 1.807) is 6.07 Å². The second-order valence-corrected chi connectivity index (χ2v) is 3.28. The number of rotatable bonds is 6. The number of nitrogens with zero attached hydrogens (tertiary/aromatic N) is 1. The number of methoxy groups -OCH3 is 1. The van der Waals surface area contributed by atoms with Crippen LogP contribution in [0.25, 0.3) is 0 Å². The third-order valence-corrected chi connectivity index (χ3v) is 2.09. The standard InChI is InChI=1S/C10H13N3O4/c1-17-7-2-3-8(9(6-7)13(15)16)12-5-4-10(11)14/h2-3,6,12H,4-5H2,1H3,(H2,11,14). The minimum Gasteiger partial charge on any atom is -0.496 e. The van der Waals surface area contributed by atoms with Crippen LogP contribution < -0.4 is 15.8 Å². The van der Waals surface area contributed by atoms with E-state index in [9.17, 15) is 14.9 Å². The number of carbonyl (C=O) groups is 1. The lowest BCUT2D eigenvalue weighted by molar-refractivity contribution is -0.384. The molecule has 3 N–H and O–H groups in total. The van der Waals surface area contributed by atoms with Gasteiger partial charge in [0.05, 0.1) is 18.1 Å². The average Bonchev–Trinajstić information content (AvgIpc) is 2.28. The average molecular weight is 239 g/mol. The van der Waals surface area contributed by atoms with Crippen LogP contribution >= 0.6 is 0 Å². The van der Waals surface area contributed by atoms with Gasteiger partial charge in [-0.3, -0.25) is 14.9 Å². The highest BCUT2D eigenvalue weighted by Gasteiger charge is 2.14. The van der Waals surface area contributed by atoms with Gasteiger partial charge in [0, 0.05) is 13.0 Å². The molecule has 0 aromatic heterocycles. The van der Waals surface area contributed by atoms with Crippen LogP contribution in [-0.4, -0.2) is 24.5 Å². The molecule has 1 amide bonds. The Kier molecular flexibility index (Phi) is 4.27. The monoisotopic (exact) mass is 239 g/mol. The second kappa shape index (κ2) is 5.69. The lowest BCUT2D eigenvalue weighted by Crippen LogP contribution is -2.16. The molecule has 0 aliphatic heterocycles. The number of primary amides is 1. The number of nitro benzene ring substituents is 1. The van der Waals surface area contributed by atoms with Crippen LogP contribution in [0.5, 0.6) is 5.75 Å². The minimum absolute atomic E-state index is 0.103. The van der Waals surface area contributed by atoms with E-state index < -0.39 is 10.8 Å². The van der Waals surface area contributed by atoms with Crippen molar-refractivity contribution >= 4 is 17.3 Å². The summed E-state index contributed by atoms with van der Waals surface area (Å²) in [6.07, 6.45) is 0.114. The molecule has 0 fully saturated rings. The number of carbonyl (C=O) groups excluding carboxylic acids is 1. The van der Waals surface area contributed by atoms with Crippen molar-refractivity contribution < 1.29 is 14.5 Å². The topological polar surface area (TPSA) is 107 Å². The summed E-state index contributed by atoms with van der Waals surface area (Å²) in [6.45, 7) is 0.252. The number of hydrogen-bond acceptors (Lipinski definition) is 5. The predicted molar refractivity (Wildman–Crippen MR) is 61.9 cm³/mol. The zero-order chi connectivity index (χ0) is 12.8. The number of ether oxygens (including phenoxy) is 1. The minimum atomic E-state index is -0.519. The molecule has 92 valence electrons. The van der Waals surface area contributed by atoms with Crippen molar-refractivity contribution in [1.29, 1.82) is 0 Å². The van der Waals surface area contributed by atoms with Crippen molar-refractivity contribution in [2.24, 2.45) is 5.73 Å². The number of anilines is 1. The first kappa shape index (κ1) is 12.8. The number of nitro groups is 1. The van der Waals surface area contributed by atoms with Crippen LogP contribution in [0.3, 0.4) is 0 Å². The maximum absolute atomic E-state index is 10.8. The van der Waals surface area contributed by atoms with Crippen molar-refractivity contribution in [3.8, 4) is 5.75 Å². The smallest absolute Gasteiger partial charge is 0.296 e. The van der Waals surface area contributed by atoms with E-state index in [1.807, 2.05) is 0 Å². The van der Waals surface area contributed by atoms with Crippen LogP contribution in [0.4, 0.5) is 11.4 Å². The van der Waals surface area contributed by atoms with Gasteiger partial charge >= 0.3 is 0 Å². The van der Waals surface area contributed by atoms with Gasteiger partial charge in [0.1, 0.15) is 11.4 Å². The maximum Gasteiger partial charge on any atom is 0.296 e. The first-order valence-corrected chi connectivity index (χ1v) is 4.89. The Morgan fingerprint density at radius 1 is 1.59 bits per heavy atom. The van der Waals surface area contributed by atoms with Crippen molar-refractivity contribution in [3.63, 3.8) is 0 Å². The van der Waals surface area contributed by atoms with Crippen molar-refractivity contribution in [2.75, 3.05) is 19.0 Å². The predicted octanol–water partition coefficient (Wildman–Crippen LogP) is 0.891. The molecule has 1 aromatic rings. The van der Waals surface area contributed by atoms with Gasteiger partial charge in [-0.2, -0.15) is 0 Å². The molecule has 0 saturated carbocycles. The molecule has 0 spiro atoms. The molecule has 0 aliphatic carbocycles. The normalized spacial score (nSPS) is 9.71. The molecule has 0 saturated heterocycles. The number of amides is 1. The molecule has 7 nitrogen and oxygen atoms in total. The van der Waals surface area contributed by atoms with Gasteiger partial charge in [-0.05, 0) is 12.1 Å². The number of hydrogen-bond donors (Lipinski definition) is 2. The zero-order valence-electron chi connectivity index (χ0n) is 9.30. The molecule has 0 heterocycles. The Morgan fingerprint density at radius 2 is 2.29 bits per heavy atom. The van der Waals surface area contributed by atoms with Crippen LogP contribution in [0.15, 0.2) is 18.2 Å². The fraction of sp³-hybridized carbons (Fsp3) is 0.300. The van der Waals surface area contributed by atoms with Gasteiger partial charge in [0.15, 0.2) is 0 Å². The number of nitrogens with one attached hydrogen (secondary N) is 1. The molecular weight excluding hydrogens is 226 g/mol. The van der Waals surface area contributed by atoms with Gasteiger partial charge < -0.3 is 15.8 Å². The Balaban J connectivity index is 2.83. The largest absolute Gasteiger partial charge is 0.496 e. The molecule has 7 heteroatoms. The van der Waals surface area contributed by atoms with Gasteiger partial charge in [-0.25, -0.2) is 0 Å². The first-order chi connectivity index (χ1) is 8.04. The van der Waals surface area contributed by atoms with E-state index >= 15 is 0 Å². The van der Waals surface area contributed by atoms with Gasteiger partial charge in [0.25, 0.3) is 5.69 Å². The highest BCUT2D eigenvalue weighted by molar-refractivity contribution is 5.74. The summed E-state index contributed by atoms with van der Waals surface area (Å²) >= 11 is 0. The van der Waals surface area contributed by atoms with Crippen LogP contribution in [0.2, 0.25) is 0 Å². The summed E-state index contributed by atoms with van der Waals surface area (Å²) in [4.78, 5) is 20.8. The van der Waals surface area contributed by atoms with E-state index in [2.05, 4.69) is 5.32 Å². The Hall–Kier alpha value is -2.31. The summed E-state index contributed by atoms with van der Waals surface area (Å²) in [5.74, 6) is -0.0641. The van der Waals surface area contributed by atoms with Gasteiger partial charge in [-0.15, -0.1) is 0 Å². The van der Waals surface area contributed by atoms with Gasteiger partial charge in [-0.1, -0.05) is 0 Å². The summed E-state index contributed by atoms with van der Waals surface area (Å²) in [5.41, 5.74) is 5.19. The Morgan fingerprint density at radius 3 is 2.82 bits per heavy atom. The number of benzene rings is 1. The highest BCUT2D eigenvalue weighted by Crippen LogP contribution is 2.28. The summed E-state index contributed by atoms with van der Waals surface area (Å²) in [6, 6.07) is 4.43. The van der Waals surface area contributed by atoms with Crippen LogP contribution in [-0.2, 0) is 4.79 Å². The fourth-order valence-corrected chi connectivity index (χ4v) is 1.26. The van der Waals surface area contributed by atoms with Crippen molar-refractivity contribution in [1.82, 2.24) is 0 Å². The molecule has 1 aromatic carbocycles. The highest BCUT2D eigenvalue weighted by atomic mass is 16.6.